The minimum absolute atomic E-state index is 0.797. The average molecular weight is 645 g/mol. The Kier molecular flexibility index (Phi) is 6.46. The lowest BCUT2D eigenvalue weighted by molar-refractivity contribution is 0.668. The molecule has 0 N–H and O–H groups in total. The van der Waals surface area contributed by atoms with E-state index in [4.69, 9.17) is 9.40 Å². The number of pyridine rings is 1. The fourth-order valence-electron chi connectivity index (χ4n) is 7.63. The van der Waals surface area contributed by atoms with Crippen LogP contribution in [-0.2, 0) is 6.42 Å². The van der Waals surface area contributed by atoms with Crippen molar-refractivity contribution in [1.82, 2.24) is 19.1 Å². The van der Waals surface area contributed by atoms with E-state index >= 15 is 0 Å². The molecule has 0 aliphatic carbocycles. The molecule has 0 amide bonds. The van der Waals surface area contributed by atoms with Gasteiger partial charge in [-0.25, -0.2) is 4.98 Å². The number of rotatable bonds is 6. The Morgan fingerprint density at radius 2 is 1.22 bits per heavy atom. The first kappa shape index (κ1) is 28.5. The van der Waals surface area contributed by atoms with Crippen molar-refractivity contribution in [3.8, 4) is 33.6 Å². The average Bonchev–Trinajstić information content (AvgIpc) is 3.84. The van der Waals surface area contributed by atoms with Crippen LogP contribution in [0.4, 0.5) is 0 Å². The predicted molar refractivity (Wildman–Crippen MR) is 205 cm³/mol. The van der Waals surface area contributed by atoms with Crippen molar-refractivity contribution in [2.75, 3.05) is 0 Å². The minimum Gasteiger partial charge on any atom is -0.454 e. The predicted octanol–water partition coefficient (Wildman–Crippen LogP) is 11.7. The molecule has 0 saturated heterocycles. The molecule has 238 valence electrons. The van der Waals surface area contributed by atoms with E-state index in [1.807, 2.05) is 18.3 Å². The van der Waals surface area contributed by atoms with Gasteiger partial charge in [-0.1, -0.05) is 73.7 Å². The maximum Gasteiger partial charge on any atom is 0.153 e. The van der Waals surface area contributed by atoms with Crippen LogP contribution in [0.25, 0.3) is 88.5 Å². The third-order valence-corrected chi connectivity index (χ3v) is 9.86. The number of furan rings is 1. The summed E-state index contributed by atoms with van der Waals surface area (Å²) in [5, 5.41) is 3.49. The summed E-state index contributed by atoms with van der Waals surface area (Å²) in [5.41, 5.74) is 13.8. The number of para-hydroxylation sites is 4. The van der Waals surface area contributed by atoms with Gasteiger partial charge in [0.05, 0.1) is 22.1 Å². The van der Waals surface area contributed by atoms with E-state index in [-0.39, 0.29) is 0 Å². The molecule has 0 fully saturated rings. The molecule has 0 aliphatic heterocycles. The number of hydrogen-bond acceptors (Lipinski definition) is 3. The smallest absolute Gasteiger partial charge is 0.153 e. The van der Waals surface area contributed by atoms with Crippen LogP contribution in [0.15, 0.2) is 156 Å². The van der Waals surface area contributed by atoms with Gasteiger partial charge in [-0.2, -0.15) is 0 Å². The molecule has 0 unspecified atom stereocenters. The molecule has 0 atom stereocenters. The molecule has 0 radical (unpaired) electrons. The lowest BCUT2D eigenvalue weighted by Gasteiger charge is -2.15. The topological polar surface area (TPSA) is 48.8 Å². The van der Waals surface area contributed by atoms with Crippen LogP contribution >= 0.6 is 0 Å². The van der Waals surface area contributed by atoms with E-state index in [2.05, 4.69) is 155 Å². The van der Waals surface area contributed by atoms with Crippen LogP contribution < -0.4 is 0 Å². The fraction of sp³-hybridized carbons (Fsp3) is 0.0667. The maximum atomic E-state index is 6.15. The normalized spacial score (nSPS) is 11.9. The highest BCUT2D eigenvalue weighted by molar-refractivity contribution is 6.09. The molecule has 50 heavy (non-hydrogen) atoms. The number of imidazole rings is 1. The Morgan fingerprint density at radius 3 is 2.00 bits per heavy atom. The summed E-state index contributed by atoms with van der Waals surface area (Å²) < 4.78 is 10.9. The van der Waals surface area contributed by atoms with Crippen LogP contribution in [0.5, 0.6) is 0 Å². The molecule has 10 rings (SSSR count). The van der Waals surface area contributed by atoms with Crippen LogP contribution in [-0.4, -0.2) is 19.1 Å². The van der Waals surface area contributed by atoms with Gasteiger partial charge in [0.2, 0.25) is 0 Å². The van der Waals surface area contributed by atoms with E-state index in [1.165, 1.54) is 21.8 Å². The second-order valence-corrected chi connectivity index (χ2v) is 13.0. The summed E-state index contributed by atoms with van der Waals surface area (Å²) in [6, 6.07) is 52.0. The number of aryl methyl sites for hydroxylation is 1. The van der Waals surface area contributed by atoms with Crippen LogP contribution in [0.3, 0.4) is 0 Å². The molecule has 0 saturated carbocycles. The summed E-state index contributed by atoms with van der Waals surface area (Å²) in [5.74, 6) is 1.08. The SMILES string of the molecule is CCCc1nc2ccccc2n1-c1cccc(-c2cc(-c3ccc4oc5cccnc5c4c3)cc(-n3c4ccccc4c4ccccc43)c2)c1. The van der Waals surface area contributed by atoms with Crippen molar-refractivity contribution < 1.29 is 4.42 Å². The molecular weight excluding hydrogens is 613 g/mol. The first-order valence-corrected chi connectivity index (χ1v) is 17.2. The Bertz CT molecular complexity index is 2850. The van der Waals surface area contributed by atoms with Crippen molar-refractivity contribution in [2.24, 2.45) is 0 Å². The largest absolute Gasteiger partial charge is 0.454 e. The van der Waals surface area contributed by atoms with Gasteiger partial charge >= 0.3 is 0 Å². The van der Waals surface area contributed by atoms with Gasteiger partial charge in [-0.05, 0) is 108 Å². The van der Waals surface area contributed by atoms with Crippen LogP contribution in [0, 0.1) is 0 Å². The quantitative estimate of drug-likeness (QED) is 0.181. The molecule has 4 heterocycles. The number of fused-ring (bicyclic) bond motifs is 7. The first-order valence-electron chi connectivity index (χ1n) is 17.2. The Morgan fingerprint density at radius 1 is 0.520 bits per heavy atom. The maximum absolute atomic E-state index is 6.15. The van der Waals surface area contributed by atoms with Gasteiger partial charge in [0.1, 0.15) is 16.9 Å². The Labute approximate surface area is 288 Å². The summed E-state index contributed by atoms with van der Waals surface area (Å²) in [6.07, 6.45) is 3.76. The van der Waals surface area contributed by atoms with E-state index in [0.717, 1.165) is 85.4 Å². The van der Waals surface area contributed by atoms with Gasteiger partial charge < -0.3 is 8.98 Å². The monoisotopic (exact) mass is 644 g/mol. The minimum atomic E-state index is 0.797. The van der Waals surface area contributed by atoms with Crippen LogP contribution in [0.1, 0.15) is 19.2 Å². The molecule has 6 aromatic carbocycles. The van der Waals surface area contributed by atoms with Crippen molar-refractivity contribution in [2.45, 2.75) is 19.8 Å². The zero-order valence-electron chi connectivity index (χ0n) is 27.5. The number of hydrogen-bond donors (Lipinski definition) is 0. The lowest BCUT2D eigenvalue weighted by atomic mass is 9.96. The zero-order chi connectivity index (χ0) is 33.2. The molecular formula is C45H32N4O. The van der Waals surface area contributed by atoms with Crippen LogP contribution in [0.2, 0.25) is 0 Å². The molecule has 4 aromatic heterocycles. The van der Waals surface area contributed by atoms with Crippen molar-refractivity contribution in [3.05, 3.63) is 158 Å². The number of aromatic nitrogens is 4. The summed E-state index contributed by atoms with van der Waals surface area (Å²) >= 11 is 0. The van der Waals surface area contributed by atoms with Crippen molar-refractivity contribution in [3.63, 3.8) is 0 Å². The third-order valence-electron chi connectivity index (χ3n) is 9.86. The molecule has 5 nitrogen and oxygen atoms in total. The van der Waals surface area contributed by atoms with Gasteiger partial charge in [0.15, 0.2) is 5.58 Å². The second kappa shape index (κ2) is 11.3. The van der Waals surface area contributed by atoms with Gasteiger partial charge in [-0.15, -0.1) is 0 Å². The van der Waals surface area contributed by atoms with E-state index in [0.29, 0.717) is 0 Å². The first-order chi connectivity index (χ1) is 24.7. The molecule has 5 heteroatoms. The number of nitrogens with zero attached hydrogens (tertiary/aromatic N) is 4. The third kappa shape index (κ3) is 4.47. The van der Waals surface area contributed by atoms with E-state index in [1.54, 1.807) is 0 Å². The standard InChI is InChI=1S/C45H32N4O/c1-2-11-44-47-38-16-5-8-19-41(38)49(44)33-13-9-12-29(25-33)31-24-32(30-21-22-42-37(28-30)45-43(50-42)20-10-23-46-45)27-34(26-31)48-39-17-6-3-14-35(39)36-15-4-7-18-40(36)48/h3-10,12-28H,2,11H2,1H3. The van der Waals surface area contributed by atoms with Gasteiger partial charge in [0.25, 0.3) is 0 Å². The fourth-order valence-corrected chi connectivity index (χ4v) is 7.63. The summed E-state index contributed by atoms with van der Waals surface area (Å²) in [7, 11) is 0. The Balaban J connectivity index is 1.22. The summed E-state index contributed by atoms with van der Waals surface area (Å²) in [6.45, 7) is 2.21. The molecule has 10 aromatic rings. The molecule has 0 spiro atoms. The highest BCUT2D eigenvalue weighted by atomic mass is 16.3. The van der Waals surface area contributed by atoms with Gasteiger partial charge in [-0.3, -0.25) is 9.55 Å². The van der Waals surface area contributed by atoms with Crippen molar-refractivity contribution >= 4 is 54.9 Å². The number of benzene rings is 6. The zero-order valence-corrected chi connectivity index (χ0v) is 27.5. The lowest BCUT2D eigenvalue weighted by Crippen LogP contribution is -2.01. The highest BCUT2D eigenvalue weighted by Crippen LogP contribution is 2.38. The highest BCUT2D eigenvalue weighted by Gasteiger charge is 2.17. The van der Waals surface area contributed by atoms with E-state index in [9.17, 15) is 0 Å². The van der Waals surface area contributed by atoms with E-state index < -0.39 is 0 Å². The van der Waals surface area contributed by atoms with Crippen molar-refractivity contribution in [1.29, 1.82) is 0 Å². The Hall–Kier alpha value is -6.46. The molecule has 0 aliphatic rings. The summed E-state index contributed by atoms with van der Waals surface area (Å²) in [4.78, 5) is 9.70. The molecule has 0 bridgehead atoms. The van der Waals surface area contributed by atoms with Gasteiger partial charge in [0, 0.05) is 40.2 Å². The second-order valence-electron chi connectivity index (χ2n) is 13.0.